The van der Waals surface area contributed by atoms with Gasteiger partial charge in [-0.15, -0.1) is 16.7 Å². The molecule has 190 valence electrons. The lowest BCUT2D eigenvalue weighted by Gasteiger charge is -2.38. The van der Waals surface area contributed by atoms with Crippen LogP contribution in [0.1, 0.15) is 36.9 Å². The van der Waals surface area contributed by atoms with E-state index in [0.29, 0.717) is 24.4 Å². The minimum atomic E-state index is 0.540. The van der Waals surface area contributed by atoms with Gasteiger partial charge in [0.2, 0.25) is 0 Å². The molecule has 5 aromatic rings. The number of aromatic amines is 2. The highest BCUT2D eigenvalue weighted by atomic mass is 35.5. The van der Waals surface area contributed by atoms with Crippen molar-refractivity contribution >= 4 is 39.1 Å². The average molecular weight is 515 g/mol. The van der Waals surface area contributed by atoms with E-state index in [1.165, 1.54) is 60.9 Å². The first-order chi connectivity index (χ1) is 18.2. The number of hydrogen-bond donors (Lipinski definition) is 3. The van der Waals surface area contributed by atoms with Crippen LogP contribution in [-0.4, -0.2) is 60.6 Å². The molecular formula is C28H31ClN8. The van der Waals surface area contributed by atoms with Gasteiger partial charge < -0.3 is 10.3 Å². The molecule has 7 rings (SSSR count). The Morgan fingerprint density at radius 1 is 1.05 bits per heavy atom. The van der Waals surface area contributed by atoms with Gasteiger partial charge in [-0.25, -0.2) is 4.68 Å². The van der Waals surface area contributed by atoms with Crippen molar-refractivity contribution in [3.05, 3.63) is 60.0 Å². The van der Waals surface area contributed by atoms with Crippen LogP contribution in [-0.2, 0) is 13.1 Å². The second-order valence-electron chi connectivity index (χ2n) is 10.8. The molecule has 3 aromatic heterocycles. The number of alkyl halides is 1. The van der Waals surface area contributed by atoms with Gasteiger partial charge in [0.1, 0.15) is 5.69 Å². The van der Waals surface area contributed by atoms with Crippen LogP contribution in [0.5, 0.6) is 0 Å². The number of rotatable bonds is 8. The summed E-state index contributed by atoms with van der Waals surface area (Å²) in [6.45, 7) is 4.85. The quantitative estimate of drug-likeness (QED) is 0.242. The molecule has 9 heteroatoms. The van der Waals surface area contributed by atoms with Crippen LogP contribution in [0.2, 0.25) is 0 Å². The van der Waals surface area contributed by atoms with E-state index in [9.17, 15) is 0 Å². The molecule has 2 aromatic carbocycles. The van der Waals surface area contributed by atoms with Gasteiger partial charge in [0.05, 0.1) is 24.5 Å². The molecule has 2 fully saturated rings. The molecule has 4 heterocycles. The van der Waals surface area contributed by atoms with Crippen LogP contribution < -0.4 is 5.32 Å². The van der Waals surface area contributed by atoms with Gasteiger partial charge in [0.25, 0.3) is 0 Å². The first-order valence-electron chi connectivity index (χ1n) is 13.2. The molecule has 1 aliphatic heterocycles. The molecule has 8 nitrogen and oxygen atoms in total. The number of fused-ring (bicyclic) bond motifs is 2. The Morgan fingerprint density at radius 2 is 2.00 bits per heavy atom. The van der Waals surface area contributed by atoms with Crippen LogP contribution in [0.3, 0.4) is 0 Å². The first kappa shape index (κ1) is 22.8. The van der Waals surface area contributed by atoms with E-state index < -0.39 is 0 Å². The van der Waals surface area contributed by atoms with E-state index in [0.717, 1.165) is 34.4 Å². The normalized spacial score (nSPS) is 17.2. The topological polar surface area (TPSA) is 90.4 Å². The van der Waals surface area contributed by atoms with Gasteiger partial charge in [-0.05, 0) is 66.4 Å². The summed E-state index contributed by atoms with van der Waals surface area (Å²) in [5.74, 6) is 0.540. The third kappa shape index (κ3) is 4.38. The maximum Gasteiger partial charge on any atom is 0.113 e. The van der Waals surface area contributed by atoms with Crippen LogP contribution in [0.15, 0.2) is 48.8 Å². The van der Waals surface area contributed by atoms with Gasteiger partial charge in [0.15, 0.2) is 0 Å². The number of halogens is 1. The van der Waals surface area contributed by atoms with Crippen molar-refractivity contribution in [3.8, 4) is 11.3 Å². The Hall–Kier alpha value is -3.36. The Kier molecular flexibility index (Phi) is 5.66. The number of H-pyrrole nitrogens is 2. The maximum absolute atomic E-state index is 5.87. The molecular weight excluding hydrogens is 484 g/mol. The van der Waals surface area contributed by atoms with Crippen molar-refractivity contribution in [2.24, 2.45) is 5.41 Å². The highest BCUT2D eigenvalue weighted by molar-refractivity contribution is 6.18. The van der Waals surface area contributed by atoms with Crippen LogP contribution >= 0.6 is 11.6 Å². The third-order valence-electron chi connectivity index (χ3n) is 8.21. The zero-order valence-electron chi connectivity index (χ0n) is 20.8. The van der Waals surface area contributed by atoms with Gasteiger partial charge in [-0.3, -0.25) is 10.00 Å². The first-order valence-corrected chi connectivity index (χ1v) is 13.7. The molecule has 0 amide bonds. The average Bonchev–Trinajstić information content (AvgIpc) is 3.67. The summed E-state index contributed by atoms with van der Waals surface area (Å²) in [6, 6.07) is 13.1. The van der Waals surface area contributed by atoms with Gasteiger partial charge in [-0.2, -0.15) is 5.10 Å². The minimum Gasteiger partial charge on any atom is -0.384 e. The summed E-state index contributed by atoms with van der Waals surface area (Å²) < 4.78 is 1.90. The number of aromatic nitrogens is 6. The van der Waals surface area contributed by atoms with E-state index in [2.05, 4.69) is 66.0 Å². The van der Waals surface area contributed by atoms with Crippen molar-refractivity contribution in [2.75, 3.05) is 30.8 Å². The zero-order valence-corrected chi connectivity index (χ0v) is 21.6. The summed E-state index contributed by atoms with van der Waals surface area (Å²) in [6.07, 6.45) is 9.47. The zero-order chi connectivity index (χ0) is 24.8. The smallest absolute Gasteiger partial charge is 0.113 e. The fourth-order valence-electron chi connectivity index (χ4n) is 6.15. The monoisotopic (exact) mass is 514 g/mol. The molecule has 0 unspecified atom stereocenters. The van der Waals surface area contributed by atoms with Crippen molar-refractivity contribution in [1.82, 2.24) is 35.1 Å². The number of nitrogens with one attached hydrogen (secondary N) is 3. The Labute approximate surface area is 220 Å². The van der Waals surface area contributed by atoms with Crippen molar-refractivity contribution in [3.63, 3.8) is 0 Å². The summed E-state index contributed by atoms with van der Waals surface area (Å²) in [5.41, 5.74) is 8.06. The summed E-state index contributed by atoms with van der Waals surface area (Å²) in [7, 11) is 0. The molecule has 2 aliphatic rings. The Morgan fingerprint density at radius 3 is 2.84 bits per heavy atom. The van der Waals surface area contributed by atoms with Gasteiger partial charge in [-0.1, -0.05) is 23.8 Å². The number of benzene rings is 2. The van der Waals surface area contributed by atoms with Gasteiger partial charge >= 0.3 is 0 Å². The fraction of sp³-hybridized carbons (Fsp3) is 0.393. The second-order valence-corrected chi connectivity index (χ2v) is 11.2. The molecule has 1 saturated heterocycles. The fourth-order valence-corrected chi connectivity index (χ4v) is 6.24. The Balaban J connectivity index is 1.08. The number of anilines is 1. The number of nitrogens with zero attached hydrogens (tertiary/aromatic N) is 5. The van der Waals surface area contributed by atoms with E-state index in [1.54, 1.807) is 0 Å². The van der Waals surface area contributed by atoms with E-state index in [4.69, 9.17) is 11.6 Å². The molecule has 0 radical (unpaired) electrons. The molecule has 3 N–H and O–H groups in total. The van der Waals surface area contributed by atoms with Gasteiger partial charge in [0, 0.05) is 53.4 Å². The predicted octanol–water partition coefficient (Wildman–Crippen LogP) is 5.38. The van der Waals surface area contributed by atoms with Crippen LogP contribution in [0.25, 0.3) is 33.1 Å². The molecule has 1 aliphatic carbocycles. The molecule has 37 heavy (non-hydrogen) atoms. The van der Waals surface area contributed by atoms with Crippen molar-refractivity contribution < 1.29 is 0 Å². The summed E-state index contributed by atoms with van der Waals surface area (Å²) >= 11 is 5.87. The third-order valence-corrected chi connectivity index (χ3v) is 8.40. The number of likely N-dealkylation sites (tertiary alicyclic amines) is 1. The lowest BCUT2D eigenvalue weighted by molar-refractivity contribution is 0.137. The molecule has 0 atom stereocenters. The Bertz CT molecular complexity index is 1560. The predicted molar refractivity (Wildman–Crippen MR) is 148 cm³/mol. The van der Waals surface area contributed by atoms with Crippen LogP contribution in [0, 0.1) is 5.41 Å². The SMILES string of the molecule is ClCCNc1cc(-c2cn(Cc3ccc4cc(CN5CCC6(CCC6)C5)[nH]c4c3)nn2)c2cn[nH]c2c1. The molecule has 0 bridgehead atoms. The van der Waals surface area contributed by atoms with E-state index >= 15 is 0 Å². The second kappa shape index (κ2) is 9.19. The standard InChI is InChI=1S/C28H31ClN8/c29-7-8-30-21-12-23(24-14-31-33-26(24)13-21)27-17-37(35-34-27)15-19-2-3-20-11-22(32-25(20)10-19)16-36-9-6-28(18-36)4-1-5-28/h2-3,10-14,17,30,32H,1,4-9,15-16,18H2,(H,31,33). The maximum atomic E-state index is 5.87. The summed E-state index contributed by atoms with van der Waals surface area (Å²) in [5, 5.41) is 21.8. The summed E-state index contributed by atoms with van der Waals surface area (Å²) in [4.78, 5) is 6.29. The van der Waals surface area contributed by atoms with Crippen molar-refractivity contribution in [2.45, 2.75) is 38.8 Å². The lowest BCUT2D eigenvalue weighted by Crippen LogP contribution is -2.32. The molecule has 1 saturated carbocycles. The largest absolute Gasteiger partial charge is 0.384 e. The highest BCUT2D eigenvalue weighted by Crippen LogP contribution is 2.48. The number of hydrogen-bond acceptors (Lipinski definition) is 5. The lowest BCUT2D eigenvalue weighted by atomic mass is 9.68. The minimum absolute atomic E-state index is 0.540. The van der Waals surface area contributed by atoms with Crippen LogP contribution in [0.4, 0.5) is 5.69 Å². The van der Waals surface area contributed by atoms with E-state index in [-0.39, 0.29) is 0 Å². The highest BCUT2D eigenvalue weighted by Gasteiger charge is 2.42. The van der Waals surface area contributed by atoms with Crippen molar-refractivity contribution in [1.29, 1.82) is 0 Å². The molecule has 1 spiro atoms. The van der Waals surface area contributed by atoms with E-state index in [1.807, 2.05) is 23.1 Å².